The molecule has 0 aliphatic carbocycles. The fourth-order valence-corrected chi connectivity index (χ4v) is 5.94. The van der Waals surface area contributed by atoms with Gasteiger partial charge in [0.1, 0.15) is 29.3 Å². The van der Waals surface area contributed by atoms with Crippen LogP contribution in [0.1, 0.15) is 24.0 Å². The molecule has 1 aliphatic heterocycles. The Kier molecular flexibility index (Phi) is 7.25. The maximum Gasteiger partial charge on any atom is 0.420 e. The number of imidazole rings is 2. The van der Waals surface area contributed by atoms with E-state index >= 15 is 0 Å². The first kappa shape index (κ1) is 27.6. The van der Waals surface area contributed by atoms with Crippen molar-refractivity contribution in [1.82, 2.24) is 33.4 Å². The minimum absolute atomic E-state index is 0.0444. The number of sulfonamides is 1. The van der Waals surface area contributed by atoms with Crippen molar-refractivity contribution in [1.29, 1.82) is 5.26 Å². The van der Waals surface area contributed by atoms with Crippen molar-refractivity contribution in [3.8, 4) is 23.1 Å². The van der Waals surface area contributed by atoms with Crippen LogP contribution in [0.15, 0.2) is 54.5 Å². The molecule has 4 aromatic rings. The first-order valence-corrected chi connectivity index (χ1v) is 13.7. The SMILES string of the molecule is Cn1cnc(S(=O)(=O)N2CCC(Nc3ncc(C(F)(F)F)c(-c4cn(-c5ccc(Cl)cc5C#N)cn4)n3)CC2)c1. The van der Waals surface area contributed by atoms with Gasteiger partial charge in [-0.1, -0.05) is 11.6 Å². The Labute approximate surface area is 231 Å². The highest BCUT2D eigenvalue weighted by atomic mass is 35.5. The Morgan fingerprint density at radius 2 is 1.88 bits per heavy atom. The summed E-state index contributed by atoms with van der Waals surface area (Å²) >= 11 is 5.95. The van der Waals surface area contributed by atoms with Crippen molar-refractivity contribution in [3.05, 3.63) is 65.6 Å². The molecule has 1 fully saturated rings. The maximum atomic E-state index is 13.9. The molecule has 0 spiro atoms. The smallest absolute Gasteiger partial charge is 0.351 e. The van der Waals surface area contributed by atoms with E-state index in [1.165, 1.54) is 40.0 Å². The maximum absolute atomic E-state index is 13.9. The molecule has 0 bridgehead atoms. The molecule has 4 heterocycles. The molecule has 0 amide bonds. The van der Waals surface area contributed by atoms with E-state index in [4.69, 9.17) is 11.6 Å². The lowest BCUT2D eigenvalue weighted by Gasteiger charge is -2.31. The van der Waals surface area contributed by atoms with Crippen molar-refractivity contribution < 1.29 is 21.6 Å². The highest BCUT2D eigenvalue weighted by Crippen LogP contribution is 2.36. The quantitative estimate of drug-likeness (QED) is 0.357. The van der Waals surface area contributed by atoms with Crippen LogP contribution in [0, 0.1) is 11.3 Å². The number of nitrogens with one attached hydrogen (secondary N) is 1. The molecule has 0 atom stereocenters. The second-order valence-electron chi connectivity index (χ2n) is 9.09. The summed E-state index contributed by atoms with van der Waals surface area (Å²) < 4.78 is 71.5. The molecule has 3 aromatic heterocycles. The standard InChI is InChI=1S/C24H21ClF3N9O2S/c1-35-12-21(32-13-35)40(38,39)37-6-4-17(5-7-37)33-23-30-10-18(24(26,27)28)22(34-23)19-11-36(14-31-19)20-3-2-16(25)8-15(20)9-29/h2-3,8,10-14,17H,4-7H2,1H3,(H,30,33,34). The third kappa shape index (κ3) is 5.51. The summed E-state index contributed by atoms with van der Waals surface area (Å²) in [5.41, 5.74) is -0.983. The van der Waals surface area contributed by atoms with E-state index in [2.05, 4.69) is 25.3 Å². The molecule has 5 rings (SSSR count). The molecule has 40 heavy (non-hydrogen) atoms. The van der Waals surface area contributed by atoms with E-state index in [9.17, 15) is 26.9 Å². The predicted octanol–water partition coefficient (Wildman–Crippen LogP) is 3.87. The molecular weight excluding hydrogens is 571 g/mol. The molecule has 0 unspecified atom stereocenters. The largest absolute Gasteiger partial charge is 0.420 e. The molecule has 16 heteroatoms. The van der Waals surface area contributed by atoms with Crippen LogP contribution >= 0.6 is 11.6 Å². The summed E-state index contributed by atoms with van der Waals surface area (Å²) in [5, 5.41) is 12.8. The van der Waals surface area contributed by atoms with E-state index in [1.807, 2.05) is 6.07 Å². The fraction of sp³-hybridized carbons (Fsp3) is 0.292. The van der Waals surface area contributed by atoms with E-state index in [0.29, 0.717) is 29.7 Å². The summed E-state index contributed by atoms with van der Waals surface area (Å²) in [6, 6.07) is 6.28. The molecule has 1 aliphatic rings. The van der Waals surface area contributed by atoms with Gasteiger partial charge in [0.25, 0.3) is 10.0 Å². The van der Waals surface area contributed by atoms with Gasteiger partial charge in [-0.2, -0.15) is 22.7 Å². The van der Waals surface area contributed by atoms with Gasteiger partial charge in [-0.3, -0.25) is 0 Å². The number of hydrogen-bond acceptors (Lipinski definition) is 8. The highest BCUT2D eigenvalue weighted by molar-refractivity contribution is 7.89. The van der Waals surface area contributed by atoms with Crippen molar-refractivity contribution in [2.45, 2.75) is 30.1 Å². The Morgan fingerprint density at radius 3 is 2.52 bits per heavy atom. The van der Waals surface area contributed by atoms with Crippen molar-refractivity contribution >= 4 is 27.6 Å². The highest BCUT2D eigenvalue weighted by Gasteiger charge is 2.37. The number of nitrogens with zero attached hydrogens (tertiary/aromatic N) is 8. The third-order valence-electron chi connectivity index (χ3n) is 6.35. The van der Waals surface area contributed by atoms with Crippen molar-refractivity contribution in [2.75, 3.05) is 18.4 Å². The van der Waals surface area contributed by atoms with Gasteiger partial charge in [-0.05, 0) is 31.0 Å². The van der Waals surface area contributed by atoms with Gasteiger partial charge in [0.2, 0.25) is 5.95 Å². The second kappa shape index (κ2) is 10.5. The van der Waals surface area contributed by atoms with Gasteiger partial charge in [0.05, 0.1) is 17.6 Å². The number of nitriles is 1. The van der Waals surface area contributed by atoms with E-state index < -0.39 is 27.5 Å². The summed E-state index contributed by atoms with van der Waals surface area (Å²) in [6.07, 6.45) is 2.16. The summed E-state index contributed by atoms with van der Waals surface area (Å²) in [6.45, 7) is 0.383. The van der Waals surface area contributed by atoms with Crippen LogP contribution in [0.3, 0.4) is 0 Å². The molecule has 1 aromatic carbocycles. The topological polar surface area (TPSA) is 135 Å². The van der Waals surface area contributed by atoms with Crippen LogP contribution in [-0.2, 0) is 23.2 Å². The number of halogens is 4. The molecule has 11 nitrogen and oxygen atoms in total. The minimum atomic E-state index is -4.75. The monoisotopic (exact) mass is 591 g/mol. The summed E-state index contributed by atoms with van der Waals surface area (Å²) in [4.78, 5) is 16.0. The number of anilines is 1. The molecular formula is C24H21ClF3N9O2S. The summed E-state index contributed by atoms with van der Waals surface area (Å²) in [7, 11) is -2.08. The molecule has 0 radical (unpaired) electrons. The number of piperidine rings is 1. The summed E-state index contributed by atoms with van der Waals surface area (Å²) in [5.74, 6) is -0.0483. The number of hydrogen-bond donors (Lipinski definition) is 1. The number of rotatable bonds is 6. The van der Waals surface area contributed by atoms with Crippen molar-refractivity contribution in [2.24, 2.45) is 7.05 Å². The third-order valence-corrected chi connectivity index (χ3v) is 8.37. The van der Waals surface area contributed by atoms with Gasteiger partial charge >= 0.3 is 6.18 Å². The van der Waals surface area contributed by atoms with Crippen molar-refractivity contribution in [3.63, 3.8) is 0 Å². The zero-order chi connectivity index (χ0) is 28.7. The minimum Gasteiger partial charge on any atom is -0.351 e. The lowest BCUT2D eigenvalue weighted by molar-refractivity contribution is -0.137. The van der Waals surface area contributed by atoms with Crippen LogP contribution in [0.5, 0.6) is 0 Å². The second-order valence-corrected chi connectivity index (χ2v) is 11.4. The van der Waals surface area contributed by atoms with E-state index in [-0.39, 0.29) is 41.4 Å². The van der Waals surface area contributed by atoms with Crippen LogP contribution in [0.4, 0.5) is 19.1 Å². The number of aromatic nitrogens is 6. The van der Waals surface area contributed by atoms with Gasteiger partial charge in [-0.25, -0.2) is 28.4 Å². The Bertz CT molecular complexity index is 1700. The average Bonchev–Trinajstić information content (AvgIpc) is 3.58. The Balaban J connectivity index is 1.37. The van der Waals surface area contributed by atoms with Gasteiger partial charge < -0.3 is 14.5 Å². The molecule has 1 saturated heterocycles. The van der Waals surface area contributed by atoms with E-state index in [0.717, 1.165) is 0 Å². The average molecular weight is 592 g/mol. The molecule has 1 N–H and O–H groups in total. The normalized spacial score (nSPS) is 15.2. The van der Waals surface area contributed by atoms with Gasteiger partial charge in [-0.15, -0.1) is 0 Å². The van der Waals surface area contributed by atoms with Crippen LogP contribution in [0.2, 0.25) is 5.02 Å². The number of aryl methyl sites for hydroxylation is 1. The first-order valence-electron chi connectivity index (χ1n) is 11.9. The zero-order valence-corrected chi connectivity index (χ0v) is 22.4. The van der Waals surface area contributed by atoms with E-state index in [1.54, 1.807) is 23.7 Å². The van der Waals surface area contributed by atoms with Gasteiger partial charge in [0.15, 0.2) is 5.03 Å². The van der Waals surface area contributed by atoms with Crippen LogP contribution in [0.25, 0.3) is 17.1 Å². The Hall–Kier alpha value is -4.00. The van der Waals surface area contributed by atoms with Crippen LogP contribution in [-0.4, -0.2) is 60.9 Å². The molecule has 0 saturated carbocycles. The predicted molar refractivity (Wildman–Crippen MR) is 138 cm³/mol. The number of benzene rings is 1. The lowest BCUT2D eigenvalue weighted by Crippen LogP contribution is -2.42. The fourth-order valence-electron chi connectivity index (χ4n) is 4.33. The molecule has 208 valence electrons. The van der Waals surface area contributed by atoms with Crippen LogP contribution < -0.4 is 5.32 Å². The lowest BCUT2D eigenvalue weighted by atomic mass is 10.1. The zero-order valence-electron chi connectivity index (χ0n) is 20.8. The number of alkyl halides is 3. The van der Waals surface area contributed by atoms with Gasteiger partial charge in [0, 0.05) is 49.8 Å². The Morgan fingerprint density at radius 1 is 1.12 bits per heavy atom. The first-order chi connectivity index (χ1) is 19.0.